The maximum Gasteiger partial charge on any atom is 0.246 e. The Morgan fingerprint density at radius 3 is 2.50 bits per heavy atom. The summed E-state index contributed by atoms with van der Waals surface area (Å²) in [7, 11) is 1.79. The molecular formula is C10H17NO. The highest BCUT2D eigenvalue weighted by molar-refractivity contribution is 5.88. The largest absolute Gasteiger partial charge is 0.342 e. The van der Waals surface area contributed by atoms with Crippen LogP contribution in [0.15, 0.2) is 23.8 Å². The van der Waals surface area contributed by atoms with Gasteiger partial charge < -0.3 is 4.90 Å². The fourth-order valence-corrected chi connectivity index (χ4v) is 0.772. The molecule has 0 aromatic rings. The van der Waals surface area contributed by atoms with Gasteiger partial charge in [0.2, 0.25) is 5.91 Å². The maximum absolute atomic E-state index is 11.3. The van der Waals surface area contributed by atoms with E-state index in [2.05, 4.69) is 0 Å². The van der Waals surface area contributed by atoms with Crippen molar-refractivity contribution in [1.82, 2.24) is 4.90 Å². The molecule has 0 radical (unpaired) electrons. The Hall–Kier alpha value is -1.05. The molecule has 0 spiro atoms. The zero-order chi connectivity index (χ0) is 9.56. The highest BCUT2D eigenvalue weighted by Gasteiger charge is 2.00. The van der Waals surface area contributed by atoms with Gasteiger partial charge in [0.25, 0.3) is 0 Å². The zero-order valence-electron chi connectivity index (χ0n) is 8.29. The molecule has 0 aliphatic heterocycles. The fourth-order valence-electron chi connectivity index (χ4n) is 0.772. The average molecular weight is 167 g/mol. The average Bonchev–Trinajstić information content (AvgIpc) is 2.03. The van der Waals surface area contributed by atoms with Crippen LogP contribution in [0.3, 0.4) is 0 Å². The Balaban J connectivity index is 4.23. The van der Waals surface area contributed by atoms with Crippen molar-refractivity contribution < 1.29 is 4.79 Å². The third kappa shape index (κ3) is 3.96. The van der Waals surface area contributed by atoms with Crippen LogP contribution in [0.5, 0.6) is 0 Å². The predicted octanol–water partition coefficient (Wildman–Crippen LogP) is 1.99. The van der Waals surface area contributed by atoms with Crippen molar-refractivity contribution in [1.29, 1.82) is 0 Å². The van der Waals surface area contributed by atoms with Crippen molar-refractivity contribution in [2.24, 2.45) is 0 Å². The van der Waals surface area contributed by atoms with Gasteiger partial charge in [-0.1, -0.05) is 12.2 Å². The molecule has 0 heterocycles. The monoisotopic (exact) mass is 167 g/mol. The first-order chi connectivity index (χ1) is 5.61. The molecule has 0 atom stereocenters. The third-order valence-electron chi connectivity index (χ3n) is 1.63. The van der Waals surface area contributed by atoms with Crippen LogP contribution in [0.2, 0.25) is 0 Å². The molecule has 2 heteroatoms. The summed E-state index contributed by atoms with van der Waals surface area (Å²) in [6.07, 6.45) is 5.48. The zero-order valence-corrected chi connectivity index (χ0v) is 8.29. The molecule has 2 nitrogen and oxygen atoms in total. The molecule has 0 unspecified atom stereocenters. The van der Waals surface area contributed by atoms with Gasteiger partial charge in [0, 0.05) is 19.7 Å². The van der Waals surface area contributed by atoms with Crippen molar-refractivity contribution in [2.75, 3.05) is 13.6 Å². The standard InChI is InChI=1S/C10H17NO/c1-5-7-9(3)8-10(12)11(4)6-2/h5,7-8H,6H2,1-4H3/b7-5-,9-8?. The Bertz CT molecular complexity index is 204. The number of carbonyl (C=O) groups is 1. The molecule has 0 saturated carbocycles. The van der Waals surface area contributed by atoms with E-state index in [1.165, 1.54) is 0 Å². The molecule has 0 aromatic heterocycles. The van der Waals surface area contributed by atoms with Crippen molar-refractivity contribution >= 4 is 5.91 Å². The van der Waals surface area contributed by atoms with Gasteiger partial charge in [-0.25, -0.2) is 0 Å². The Morgan fingerprint density at radius 1 is 1.50 bits per heavy atom. The summed E-state index contributed by atoms with van der Waals surface area (Å²) in [6, 6.07) is 0. The summed E-state index contributed by atoms with van der Waals surface area (Å²) in [5, 5.41) is 0. The topological polar surface area (TPSA) is 20.3 Å². The summed E-state index contributed by atoms with van der Waals surface area (Å²) in [5.41, 5.74) is 0.989. The van der Waals surface area contributed by atoms with Crippen LogP contribution in [-0.4, -0.2) is 24.4 Å². The summed E-state index contributed by atoms with van der Waals surface area (Å²) in [5.74, 6) is 0.0631. The fraction of sp³-hybridized carbons (Fsp3) is 0.500. The van der Waals surface area contributed by atoms with E-state index in [0.717, 1.165) is 12.1 Å². The minimum absolute atomic E-state index is 0.0631. The summed E-state index contributed by atoms with van der Waals surface area (Å²) < 4.78 is 0. The van der Waals surface area contributed by atoms with E-state index in [0.29, 0.717) is 0 Å². The summed E-state index contributed by atoms with van der Waals surface area (Å²) in [6.45, 7) is 6.56. The Labute approximate surface area is 74.6 Å². The van der Waals surface area contributed by atoms with Gasteiger partial charge in [-0.3, -0.25) is 4.79 Å². The third-order valence-corrected chi connectivity index (χ3v) is 1.63. The lowest BCUT2D eigenvalue weighted by molar-refractivity contribution is -0.124. The number of hydrogen-bond donors (Lipinski definition) is 0. The molecule has 0 bridgehead atoms. The first kappa shape index (κ1) is 11.0. The minimum atomic E-state index is 0.0631. The van der Waals surface area contributed by atoms with E-state index in [1.54, 1.807) is 18.0 Å². The SMILES string of the molecule is C/C=C\C(C)=CC(=O)N(C)CC. The van der Waals surface area contributed by atoms with Gasteiger partial charge in [-0.2, -0.15) is 0 Å². The Morgan fingerprint density at radius 2 is 2.08 bits per heavy atom. The first-order valence-electron chi connectivity index (χ1n) is 4.17. The summed E-state index contributed by atoms with van der Waals surface area (Å²) in [4.78, 5) is 12.9. The number of hydrogen-bond acceptors (Lipinski definition) is 1. The van der Waals surface area contributed by atoms with Crippen molar-refractivity contribution in [2.45, 2.75) is 20.8 Å². The van der Waals surface area contributed by atoms with Crippen LogP contribution in [0.1, 0.15) is 20.8 Å². The quantitative estimate of drug-likeness (QED) is 0.465. The predicted molar refractivity (Wildman–Crippen MR) is 51.9 cm³/mol. The molecule has 0 aliphatic rings. The number of nitrogens with zero attached hydrogens (tertiary/aromatic N) is 1. The van der Waals surface area contributed by atoms with Crippen molar-refractivity contribution in [3.63, 3.8) is 0 Å². The van der Waals surface area contributed by atoms with Crippen LogP contribution in [0.25, 0.3) is 0 Å². The van der Waals surface area contributed by atoms with Gasteiger partial charge in [-0.05, 0) is 26.3 Å². The highest BCUT2D eigenvalue weighted by Crippen LogP contribution is 1.96. The molecule has 0 aliphatic carbocycles. The Kier molecular flexibility index (Phi) is 5.09. The molecule has 0 aromatic carbocycles. The number of rotatable bonds is 3. The number of allylic oxidation sites excluding steroid dienone is 3. The van der Waals surface area contributed by atoms with Crippen LogP contribution in [0.4, 0.5) is 0 Å². The minimum Gasteiger partial charge on any atom is -0.342 e. The van der Waals surface area contributed by atoms with Crippen molar-refractivity contribution in [3.8, 4) is 0 Å². The van der Waals surface area contributed by atoms with E-state index in [1.807, 2.05) is 32.9 Å². The van der Waals surface area contributed by atoms with Gasteiger partial charge in [0.1, 0.15) is 0 Å². The van der Waals surface area contributed by atoms with Gasteiger partial charge >= 0.3 is 0 Å². The van der Waals surface area contributed by atoms with Crippen LogP contribution >= 0.6 is 0 Å². The molecule has 1 amide bonds. The van der Waals surface area contributed by atoms with Gasteiger partial charge in [-0.15, -0.1) is 0 Å². The number of carbonyl (C=O) groups excluding carboxylic acids is 1. The smallest absolute Gasteiger partial charge is 0.246 e. The van der Waals surface area contributed by atoms with E-state index in [9.17, 15) is 4.79 Å². The van der Waals surface area contributed by atoms with Crippen LogP contribution in [-0.2, 0) is 4.79 Å². The lowest BCUT2D eigenvalue weighted by Gasteiger charge is -2.11. The molecular weight excluding hydrogens is 150 g/mol. The maximum atomic E-state index is 11.3. The molecule has 0 fully saturated rings. The molecule has 0 N–H and O–H groups in total. The van der Waals surface area contributed by atoms with Crippen LogP contribution in [0, 0.1) is 0 Å². The second-order valence-corrected chi connectivity index (χ2v) is 2.74. The number of likely N-dealkylation sites (N-methyl/N-ethyl adjacent to an activating group) is 1. The second kappa shape index (κ2) is 5.58. The highest BCUT2D eigenvalue weighted by atomic mass is 16.2. The van der Waals surface area contributed by atoms with Gasteiger partial charge in [0.15, 0.2) is 0 Å². The van der Waals surface area contributed by atoms with Crippen LogP contribution < -0.4 is 0 Å². The molecule has 0 saturated heterocycles. The van der Waals surface area contributed by atoms with E-state index in [-0.39, 0.29) is 5.91 Å². The van der Waals surface area contributed by atoms with E-state index in [4.69, 9.17) is 0 Å². The molecule has 0 rings (SSSR count). The molecule has 12 heavy (non-hydrogen) atoms. The summed E-state index contributed by atoms with van der Waals surface area (Å²) >= 11 is 0. The lowest BCUT2D eigenvalue weighted by Crippen LogP contribution is -2.24. The first-order valence-corrected chi connectivity index (χ1v) is 4.17. The normalized spacial score (nSPS) is 12.2. The van der Waals surface area contributed by atoms with Gasteiger partial charge in [0.05, 0.1) is 0 Å². The lowest BCUT2D eigenvalue weighted by atomic mass is 10.2. The van der Waals surface area contributed by atoms with E-state index >= 15 is 0 Å². The van der Waals surface area contributed by atoms with Crippen molar-refractivity contribution in [3.05, 3.63) is 23.8 Å². The number of amides is 1. The second-order valence-electron chi connectivity index (χ2n) is 2.74. The molecule has 68 valence electrons. The van der Waals surface area contributed by atoms with E-state index < -0.39 is 0 Å².